The second-order valence-electron chi connectivity index (χ2n) is 8.27. The minimum atomic E-state index is -0.611. The molecule has 0 bridgehead atoms. The number of rotatable bonds is 8. The number of carbonyl (C=O) groups excluding carboxylic acids is 2. The van der Waals surface area contributed by atoms with Gasteiger partial charge in [-0.15, -0.1) is 0 Å². The molecule has 0 aliphatic carbocycles. The fourth-order valence-electron chi connectivity index (χ4n) is 4.07. The van der Waals surface area contributed by atoms with E-state index < -0.39 is 11.8 Å². The molecule has 1 aliphatic rings. The number of anilines is 1. The molecule has 3 aromatic rings. The fourth-order valence-corrected chi connectivity index (χ4v) is 4.98. The van der Waals surface area contributed by atoms with E-state index in [-0.39, 0.29) is 24.5 Å². The smallest absolute Gasteiger partial charge is 0.279 e. The molecule has 0 saturated heterocycles. The Labute approximate surface area is 206 Å². The van der Waals surface area contributed by atoms with Crippen LogP contribution >= 0.6 is 11.8 Å². The first-order valence-corrected chi connectivity index (χ1v) is 11.9. The highest BCUT2D eigenvalue weighted by Gasteiger charge is 2.32. The number of ether oxygens (including phenoxy) is 2. The van der Waals surface area contributed by atoms with E-state index in [2.05, 4.69) is 16.4 Å². The molecule has 0 radical (unpaired) electrons. The first kappa shape index (κ1) is 24.3. The molecule has 4 rings (SSSR count). The van der Waals surface area contributed by atoms with Gasteiger partial charge in [-0.2, -0.15) is 4.98 Å². The number of carbonyl (C=O) groups is 2. The van der Waals surface area contributed by atoms with Crippen LogP contribution in [0.4, 0.5) is 5.82 Å². The predicted octanol–water partition coefficient (Wildman–Crippen LogP) is 2.73. The van der Waals surface area contributed by atoms with Gasteiger partial charge < -0.3 is 25.1 Å². The number of nitrogens with zero attached hydrogens (tertiary/aromatic N) is 2. The Bertz CT molecular complexity index is 1350. The number of thioether (sulfide) groups is 1. The highest BCUT2D eigenvalue weighted by atomic mass is 32.2. The third kappa shape index (κ3) is 5.32. The summed E-state index contributed by atoms with van der Waals surface area (Å²) in [4.78, 5) is 41.2. The van der Waals surface area contributed by atoms with E-state index in [1.807, 2.05) is 25.1 Å². The Morgan fingerprint density at radius 2 is 2.03 bits per heavy atom. The van der Waals surface area contributed by atoms with Gasteiger partial charge in [0.2, 0.25) is 5.91 Å². The molecule has 3 N–H and O–H groups in total. The highest BCUT2D eigenvalue weighted by molar-refractivity contribution is 7.98. The van der Waals surface area contributed by atoms with Crippen LogP contribution in [0.1, 0.15) is 34.6 Å². The van der Waals surface area contributed by atoms with Crippen molar-refractivity contribution in [1.82, 2.24) is 9.55 Å². The summed E-state index contributed by atoms with van der Waals surface area (Å²) in [7, 11) is 3.25. The van der Waals surface area contributed by atoms with E-state index in [1.54, 1.807) is 29.8 Å². The SMILES string of the molecule is COc1cc([C@H]2CC(=O)Nc3c2c(=O)nc(SCc2cccc(C)c2)n3C)ccc1OCC(N)=O. The predicted molar refractivity (Wildman–Crippen MR) is 133 cm³/mol. The van der Waals surface area contributed by atoms with Gasteiger partial charge in [0.15, 0.2) is 23.3 Å². The summed E-state index contributed by atoms with van der Waals surface area (Å²) >= 11 is 1.44. The molecule has 2 aromatic carbocycles. The number of hydrogen-bond acceptors (Lipinski definition) is 7. The maximum absolute atomic E-state index is 13.2. The summed E-state index contributed by atoms with van der Waals surface area (Å²) in [6, 6.07) is 13.2. The van der Waals surface area contributed by atoms with Crippen LogP contribution in [0.5, 0.6) is 11.5 Å². The quantitative estimate of drug-likeness (QED) is 0.364. The summed E-state index contributed by atoms with van der Waals surface area (Å²) in [6.07, 6.45) is 0.0876. The Morgan fingerprint density at radius 1 is 1.23 bits per heavy atom. The fraction of sp³-hybridized carbons (Fsp3) is 0.280. The normalized spacial score (nSPS) is 14.7. The Morgan fingerprint density at radius 3 is 2.74 bits per heavy atom. The van der Waals surface area contributed by atoms with Gasteiger partial charge in [-0.05, 0) is 30.2 Å². The average Bonchev–Trinajstić information content (AvgIpc) is 2.83. The topological polar surface area (TPSA) is 126 Å². The molecule has 182 valence electrons. The van der Waals surface area contributed by atoms with Crippen LogP contribution in [0.2, 0.25) is 0 Å². The zero-order valence-electron chi connectivity index (χ0n) is 19.7. The average molecular weight is 495 g/mol. The zero-order valence-corrected chi connectivity index (χ0v) is 20.5. The number of hydrogen-bond donors (Lipinski definition) is 2. The third-order valence-corrected chi connectivity index (χ3v) is 6.81. The summed E-state index contributed by atoms with van der Waals surface area (Å²) in [6.45, 7) is 1.74. The van der Waals surface area contributed by atoms with Crippen LogP contribution in [0.3, 0.4) is 0 Å². The molecule has 2 amide bonds. The first-order valence-electron chi connectivity index (χ1n) is 10.9. The van der Waals surface area contributed by atoms with Crippen LogP contribution < -0.4 is 26.1 Å². The van der Waals surface area contributed by atoms with Crippen molar-refractivity contribution < 1.29 is 19.1 Å². The van der Waals surface area contributed by atoms with Crippen molar-refractivity contribution in [2.24, 2.45) is 12.8 Å². The molecule has 0 fully saturated rings. The Hall–Kier alpha value is -3.79. The minimum absolute atomic E-state index is 0.0876. The lowest BCUT2D eigenvalue weighted by Crippen LogP contribution is -2.33. The van der Waals surface area contributed by atoms with Crippen LogP contribution in [-0.2, 0) is 22.4 Å². The van der Waals surface area contributed by atoms with Crippen molar-refractivity contribution in [2.45, 2.75) is 30.2 Å². The molecule has 35 heavy (non-hydrogen) atoms. The standard InChI is InChI=1S/C25H26N4O5S/c1-14-5-4-6-15(9-14)13-35-25-28-24(32)22-17(11-21(31)27-23(22)29(25)2)16-7-8-18(19(10-16)33-3)34-12-20(26)30/h4-10,17H,11-13H2,1-3H3,(H2,26,30)(H,27,31)/t17-/m1/s1. The molecule has 0 spiro atoms. The Balaban J connectivity index is 1.68. The van der Waals surface area contributed by atoms with Crippen molar-refractivity contribution in [2.75, 3.05) is 19.0 Å². The van der Waals surface area contributed by atoms with E-state index >= 15 is 0 Å². The number of benzene rings is 2. The maximum atomic E-state index is 13.2. The summed E-state index contributed by atoms with van der Waals surface area (Å²) in [5.74, 6) is 0.454. The van der Waals surface area contributed by atoms with Crippen molar-refractivity contribution in [3.8, 4) is 11.5 Å². The van der Waals surface area contributed by atoms with Crippen molar-refractivity contribution in [3.05, 3.63) is 75.1 Å². The number of nitrogens with two attached hydrogens (primary N) is 1. The third-order valence-electron chi connectivity index (χ3n) is 5.71. The number of amides is 2. The second-order valence-corrected chi connectivity index (χ2v) is 9.21. The number of fused-ring (bicyclic) bond motifs is 1. The maximum Gasteiger partial charge on any atom is 0.279 e. The van der Waals surface area contributed by atoms with E-state index in [0.29, 0.717) is 39.4 Å². The van der Waals surface area contributed by atoms with Gasteiger partial charge >= 0.3 is 0 Å². The highest BCUT2D eigenvalue weighted by Crippen LogP contribution is 2.39. The lowest BCUT2D eigenvalue weighted by atomic mass is 9.86. The van der Waals surface area contributed by atoms with Gasteiger partial charge in [0.1, 0.15) is 5.82 Å². The molecular weight excluding hydrogens is 468 g/mol. The van der Waals surface area contributed by atoms with Gasteiger partial charge in [0.05, 0.1) is 12.7 Å². The molecule has 1 aliphatic heterocycles. The monoisotopic (exact) mass is 494 g/mol. The second kappa shape index (κ2) is 10.2. The van der Waals surface area contributed by atoms with Gasteiger partial charge in [0.25, 0.3) is 11.5 Å². The van der Waals surface area contributed by atoms with E-state index in [4.69, 9.17) is 15.2 Å². The number of primary amides is 1. The summed E-state index contributed by atoms with van der Waals surface area (Å²) in [5.41, 5.74) is 8.16. The zero-order chi connectivity index (χ0) is 25.1. The molecule has 1 aromatic heterocycles. The van der Waals surface area contributed by atoms with Crippen molar-refractivity contribution >= 4 is 29.4 Å². The first-order chi connectivity index (χ1) is 16.8. The van der Waals surface area contributed by atoms with Crippen molar-refractivity contribution in [1.29, 1.82) is 0 Å². The molecule has 1 atom stereocenters. The summed E-state index contributed by atoms with van der Waals surface area (Å²) in [5, 5.41) is 3.37. The molecule has 0 saturated carbocycles. The number of aromatic nitrogens is 2. The van der Waals surface area contributed by atoms with E-state index in [0.717, 1.165) is 11.1 Å². The number of methoxy groups -OCH3 is 1. The largest absolute Gasteiger partial charge is 0.493 e. The molecule has 9 nitrogen and oxygen atoms in total. The van der Waals surface area contributed by atoms with Crippen LogP contribution in [-0.4, -0.2) is 35.1 Å². The molecular formula is C25H26N4O5S. The van der Waals surface area contributed by atoms with Crippen molar-refractivity contribution in [3.63, 3.8) is 0 Å². The molecule has 10 heteroatoms. The molecule has 0 unspecified atom stereocenters. The van der Waals surface area contributed by atoms with Crippen LogP contribution in [0.15, 0.2) is 52.4 Å². The van der Waals surface area contributed by atoms with Gasteiger partial charge in [-0.25, -0.2) is 0 Å². The van der Waals surface area contributed by atoms with Gasteiger partial charge in [-0.3, -0.25) is 14.4 Å². The molecule has 2 heterocycles. The lowest BCUT2D eigenvalue weighted by molar-refractivity contribution is -0.120. The van der Waals surface area contributed by atoms with Crippen LogP contribution in [0, 0.1) is 6.92 Å². The van der Waals surface area contributed by atoms with Gasteiger partial charge in [-0.1, -0.05) is 47.7 Å². The number of nitrogens with one attached hydrogen (secondary N) is 1. The van der Waals surface area contributed by atoms with Crippen LogP contribution in [0.25, 0.3) is 0 Å². The minimum Gasteiger partial charge on any atom is -0.493 e. The lowest BCUT2D eigenvalue weighted by Gasteiger charge is -2.28. The van der Waals surface area contributed by atoms with E-state index in [1.165, 1.54) is 18.9 Å². The van der Waals surface area contributed by atoms with Gasteiger partial charge in [0, 0.05) is 25.1 Å². The number of aryl methyl sites for hydroxylation is 1. The summed E-state index contributed by atoms with van der Waals surface area (Å²) < 4.78 is 12.5. The Kier molecular flexibility index (Phi) is 7.11. The van der Waals surface area contributed by atoms with E-state index in [9.17, 15) is 14.4 Å².